The van der Waals surface area contributed by atoms with Gasteiger partial charge in [-0.05, 0) is 116 Å². The molecule has 0 bridgehead atoms. The number of cyclic esters (lactones) is 1. The molecule has 0 aliphatic carbocycles. The topological polar surface area (TPSA) is 252 Å². The Balaban J connectivity index is 1.52. The Morgan fingerprint density at radius 1 is 0.598 bits per heavy atom. The third kappa shape index (κ3) is 18.0. The fourth-order valence-corrected chi connectivity index (χ4v) is 13.2. The van der Waals surface area contributed by atoms with Crippen LogP contribution in [0.1, 0.15) is 146 Å². The molecule has 0 saturated carbocycles. The highest BCUT2D eigenvalue weighted by atomic mass is 16.6. The SMILES string of the molecule is CC[C@H](C)[C@@H]1NC(=O)[C@@H]2CCCN2C(=O)[C@H](Cc2cccc(-c3ccnc(N4CCC(C)CC4)c3)c2)N(C)C(=O)[C@H](Cc2ccccc2)NC(=O)C(C(C)C)N(C)C(=O)[C@@H]([C@@H](C)CC)OC(=O)[C@H](C(C)(C)O)N(C)C(=O)[C@H](CC(C)C)NC(=O)C(C(C)C)N(C)C1=O. The lowest BCUT2D eigenvalue weighted by molar-refractivity contribution is -0.177. The second-order valence-corrected chi connectivity index (χ2v) is 28.0. The second kappa shape index (κ2) is 32.4. The number of carbonyl (C=O) groups is 9. The molecule has 3 aromatic rings. The van der Waals surface area contributed by atoms with Gasteiger partial charge in [0.25, 0.3) is 5.91 Å². The van der Waals surface area contributed by atoms with Gasteiger partial charge in [0.2, 0.25) is 41.4 Å². The van der Waals surface area contributed by atoms with Crippen LogP contribution in [-0.2, 0) is 60.7 Å². The average Bonchev–Trinajstić information content (AvgIpc) is 1.17. The average molecular weight is 1280 g/mol. The Hall–Kier alpha value is -7.42. The number of amides is 8. The summed E-state index contributed by atoms with van der Waals surface area (Å²) in [5.74, 6) is -7.33. The fourth-order valence-electron chi connectivity index (χ4n) is 13.2. The van der Waals surface area contributed by atoms with Crippen LogP contribution in [0.25, 0.3) is 11.1 Å². The number of hydrogen-bond acceptors (Lipinski definition) is 13. The smallest absolute Gasteiger partial charge is 0.332 e. The van der Waals surface area contributed by atoms with Crippen LogP contribution in [0, 0.1) is 35.5 Å². The van der Waals surface area contributed by atoms with Gasteiger partial charge in [-0.3, -0.25) is 38.4 Å². The summed E-state index contributed by atoms with van der Waals surface area (Å²) in [5.41, 5.74) is 1.17. The maximum Gasteiger partial charge on any atom is 0.332 e. The number of benzene rings is 2. The first-order chi connectivity index (χ1) is 43.3. The van der Waals surface area contributed by atoms with Crippen molar-refractivity contribution >= 4 is 59.0 Å². The molecule has 11 atom stereocenters. The minimum absolute atomic E-state index is 0.0134. The number of rotatable bonds is 15. The predicted molar refractivity (Wildman–Crippen MR) is 355 cm³/mol. The number of esters is 1. The van der Waals surface area contributed by atoms with E-state index in [2.05, 4.69) is 33.8 Å². The van der Waals surface area contributed by atoms with Crippen molar-refractivity contribution in [3.8, 4) is 11.1 Å². The molecule has 92 heavy (non-hydrogen) atoms. The number of piperidine rings is 1. The molecule has 3 fully saturated rings. The molecule has 4 N–H and O–H groups in total. The molecule has 1 aromatic heterocycles. The van der Waals surface area contributed by atoms with Crippen LogP contribution in [-0.4, -0.2) is 196 Å². The summed E-state index contributed by atoms with van der Waals surface area (Å²) in [4.78, 5) is 150. The molecule has 6 rings (SSSR count). The molecule has 3 aliphatic heterocycles. The maximum absolute atomic E-state index is 15.9. The van der Waals surface area contributed by atoms with Gasteiger partial charge in [-0.2, -0.15) is 0 Å². The van der Waals surface area contributed by atoms with Crippen LogP contribution >= 0.6 is 0 Å². The number of likely N-dealkylation sites (N-methyl/N-ethyl adjacent to an activating group) is 4. The Kier molecular flexibility index (Phi) is 26.0. The van der Waals surface area contributed by atoms with Gasteiger partial charge in [0.1, 0.15) is 48.1 Å². The lowest BCUT2D eigenvalue weighted by Crippen LogP contribution is -2.63. The fraction of sp³-hybridized carbons (Fsp3) is 0.634. The van der Waals surface area contributed by atoms with Crippen molar-refractivity contribution in [2.75, 3.05) is 52.7 Å². The number of fused-ring (bicyclic) bond motifs is 1. The highest BCUT2D eigenvalue weighted by molar-refractivity contribution is 5.99. The van der Waals surface area contributed by atoms with E-state index in [4.69, 9.17) is 9.72 Å². The van der Waals surface area contributed by atoms with Crippen LogP contribution in [0.3, 0.4) is 0 Å². The summed E-state index contributed by atoms with van der Waals surface area (Å²) in [6.45, 7) is 24.7. The Labute approximate surface area is 546 Å². The molecule has 0 spiro atoms. The van der Waals surface area contributed by atoms with Gasteiger partial charge in [-0.1, -0.05) is 137 Å². The van der Waals surface area contributed by atoms with E-state index < -0.39 is 137 Å². The van der Waals surface area contributed by atoms with Gasteiger partial charge in [0, 0.05) is 72.8 Å². The van der Waals surface area contributed by atoms with Crippen molar-refractivity contribution in [1.29, 1.82) is 0 Å². The van der Waals surface area contributed by atoms with E-state index >= 15 is 28.8 Å². The maximum atomic E-state index is 15.9. The first-order valence-electron chi connectivity index (χ1n) is 33.4. The highest BCUT2D eigenvalue weighted by Gasteiger charge is 2.48. The Morgan fingerprint density at radius 3 is 1.74 bits per heavy atom. The highest BCUT2D eigenvalue weighted by Crippen LogP contribution is 2.31. The zero-order valence-electron chi connectivity index (χ0n) is 57.7. The van der Waals surface area contributed by atoms with Crippen molar-refractivity contribution in [2.45, 2.75) is 208 Å². The summed E-state index contributed by atoms with van der Waals surface area (Å²) in [6, 6.07) is 10.5. The summed E-state index contributed by atoms with van der Waals surface area (Å²) < 4.78 is 6.15. The van der Waals surface area contributed by atoms with Crippen LogP contribution in [0.5, 0.6) is 0 Å². The molecule has 4 heterocycles. The minimum atomic E-state index is -1.99. The second-order valence-electron chi connectivity index (χ2n) is 28.0. The zero-order chi connectivity index (χ0) is 68.2. The van der Waals surface area contributed by atoms with Crippen LogP contribution < -0.4 is 20.9 Å². The molecule has 2 aromatic carbocycles. The predicted octanol–water partition coefficient (Wildman–Crippen LogP) is 6.67. The van der Waals surface area contributed by atoms with Crippen molar-refractivity contribution in [3.05, 3.63) is 84.1 Å². The third-order valence-electron chi connectivity index (χ3n) is 19.1. The van der Waals surface area contributed by atoms with Gasteiger partial charge < -0.3 is 55.2 Å². The zero-order valence-corrected chi connectivity index (χ0v) is 57.7. The van der Waals surface area contributed by atoms with Gasteiger partial charge in [0.05, 0.1) is 5.60 Å². The molecule has 8 amide bonds. The quantitative estimate of drug-likeness (QED) is 0.116. The van der Waals surface area contributed by atoms with E-state index in [1.54, 1.807) is 47.7 Å². The summed E-state index contributed by atoms with van der Waals surface area (Å²) in [6.07, 6.45) is 3.84. The molecule has 0 radical (unpaired) electrons. The van der Waals surface area contributed by atoms with Crippen molar-refractivity contribution < 1.29 is 53.0 Å². The van der Waals surface area contributed by atoms with E-state index in [1.165, 1.54) is 61.6 Å². The lowest BCUT2D eigenvalue weighted by atomic mass is 9.93. The van der Waals surface area contributed by atoms with E-state index in [1.807, 2.05) is 88.4 Å². The number of nitrogens with zero attached hydrogens (tertiary/aromatic N) is 7. The van der Waals surface area contributed by atoms with E-state index in [9.17, 15) is 19.5 Å². The molecule has 3 aliphatic rings. The monoisotopic (exact) mass is 1270 g/mol. The number of hydrogen-bond donors (Lipinski definition) is 4. The molecule has 3 saturated heterocycles. The van der Waals surface area contributed by atoms with Crippen LogP contribution in [0.2, 0.25) is 0 Å². The lowest BCUT2D eigenvalue weighted by Gasteiger charge is -2.39. The van der Waals surface area contributed by atoms with Crippen LogP contribution in [0.15, 0.2) is 72.9 Å². The third-order valence-corrected chi connectivity index (χ3v) is 19.1. The number of nitrogens with one attached hydrogen (secondary N) is 3. The number of aromatic nitrogens is 1. The summed E-state index contributed by atoms with van der Waals surface area (Å²) in [5, 5.41) is 20.7. The molecule has 2 unspecified atom stereocenters. The Bertz CT molecular complexity index is 3050. The van der Waals surface area contributed by atoms with Gasteiger partial charge in [-0.15, -0.1) is 0 Å². The summed E-state index contributed by atoms with van der Waals surface area (Å²) >= 11 is 0. The van der Waals surface area contributed by atoms with Crippen molar-refractivity contribution in [1.82, 2.24) is 45.4 Å². The molecular weight excluding hydrogens is 1170 g/mol. The number of anilines is 1. The van der Waals surface area contributed by atoms with Gasteiger partial charge >= 0.3 is 5.97 Å². The van der Waals surface area contributed by atoms with Crippen molar-refractivity contribution in [3.63, 3.8) is 0 Å². The first-order valence-corrected chi connectivity index (χ1v) is 33.4. The van der Waals surface area contributed by atoms with Crippen LogP contribution in [0.4, 0.5) is 5.82 Å². The van der Waals surface area contributed by atoms with Crippen molar-refractivity contribution in [2.24, 2.45) is 35.5 Å². The summed E-state index contributed by atoms with van der Waals surface area (Å²) in [7, 11) is 5.71. The van der Waals surface area contributed by atoms with Gasteiger partial charge in [0.15, 0.2) is 12.1 Å². The Morgan fingerprint density at radius 2 is 1.16 bits per heavy atom. The van der Waals surface area contributed by atoms with Gasteiger partial charge in [-0.25, -0.2) is 9.78 Å². The van der Waals surface area contributed by atoms with E-state index in [-0.39, 0.29) is 38.1 Å². The minimum Gasteiger partial charge on any atom is -0.450 e. The molecular formula is C71H106N10O11. The largest absolute Gasteiger partial charge is 0.450 e. The first kappa shape index (κ1) is 73.6. The normalized spacial score (nSPS) is 25.7. The molecule has 506 valence electrons. The molecule has 21 heteroatoms. The molecule has 21 nitrogen and oxygen atoms in total. The number of pyridine rings is 1. The van der Waals surface area contributed by atoms with E-state index in [0.717, 1.165) is 47.8 Å². The van der Waals surface area contributed by atoms with E-state index in [0.29, 0.717) is 36.3 Å². The number of aliphatic hydroxyl groups is 1. The number of carbonyl (C=O) groups excluding carboxylic acids is 9. The standard InChI is InChI=1S/C71H106N10O11/c1-18-46(10)57-68(88)77(15)58(43(5)6)63(83)73-52(37-42(3)4)66(86)79(17)61(71(12,13)91)70(90)92-60(47(11)19-2)69(89)78(16)59(44(7)8)64(84)74-53(39-48-25-21-20-22-26-48)65(85)76(14)55(67(87)81-34-24-29-54(81)62(82)75-57)40-49-27-23-28-50(38-49)51-30-33-72-56(41-51)80-35-31-45(9)32-36-80/h20-23,25-28,30,33,38,41-47,52-55,57-61,91H,18-19,24,29,31-32,34-37,39-40H2,1-17H3,(H,73,83)(H,74,84)(H,75,82)/t46-,47-,52-,53-,54-,55-,57-,58?,59?,60+,61+/m0/s1. The number of ether oxygens (including phenoxy) is 1.